The second-order valence-corrected chi connectivity index (χ2v) is 14.8. The number of carbonyl (C=O) groups excluding carboxylic acids is 3. The summed E-state index contributed by atoms with van der Waals surface area (Å²) in [6.45, 7) is 12.7. The third-order valence-electron chi connectivity index (χ3n) is 10.5. The van der Waals surface area contributed by atoms with E-state index in [0.29, 0.717) is 70.5 Å². The number of ether oxygens (including phenoxy) is 3. The van der Waals surface area contributed by atoms with Crippen molar-refractivity contribution in [3.05, 3.63) is 119 Å². The molecule has 4 aromatic rings. The normalized spacial score (nSPS) is 13.6. The van der Waals surface area contributed by atoms with Gasteiger partial charge in [-0.15, -0.1) is 0 Å². The van der Waals surface area contributed by atoms with E-state index in [4.69, 9.17) is 14.2 Å². The second-order valence-electron chi connectivity index (χ2n) is 14.8. The Morgan fingerprint density at radius 2 is 1.31 bits per heavy atom. The molecule has 0 bridgehead atoms. The van der Waals surface area contributed by atoms with E-state index in [2.05, 4.69) is 66.9 Å². The van der Waals surface area contributed by atoms with Crippen molar-refractivity contribution in [2.45, 2.75) is 26.3 Å². The van der Waals surface area contributed by atoms with Crippen LogP contribution in [0, 0.1) is 11.8 Å². The molecule has 0 saturated carbocycles. The van der Waals surface area contributed by atoms with Gasteiger partial charge in [-0.25, -0.2) is 0 Å². The van der Waals surface area contributed by atoms with Crippen LogP contribution in [0.3, 0.4) is 0 Å². The average Bonchev–Trinajstić information content (AvgIpc) is 3.30. The molecule has 62 heavy (non-hydrogen) atoms. The van der Waals surface area contributed by atoms with Crippen LogP contribution in [0.15, 0.2) is 107 Å². The third-order valence-corrected chi connectivity index (χ3v) is 10.5. The Morgan fingerprint density at radius 3 is 2.00 bits per heavy atom. The predicted octanol–water partition coefficient (Wildman–Crippen LogP) is 5.46. The van der Waals surface area contributed by atoms with E-state index in [1.54, 1.807) is 29.2 Å². The summed E-state index contributed by atoms with van der Waals surface area (Å²) in [5, 5.41) is 17.8. The number of likely N-dealkylation sites (N-methyl/N-ethyl adjacent to an activating group) is 1. The van der Waals surface area contributed by atoms with Crippen LogP contribution in [-0.4, -0.2) is 121 Å². The highest BCUT2D eigenvalue weighted by Crippen LogP contribution is 2.26. The first-order chi connectivity index (χ1) is 30.5. The van der Waals surface area contributed by atoms with E-state index < -0.39 is 0 Å². The number of nitrogens with one attached hydrogen (secondary N) is 3. The molecular formula is C48H58N8O6. The summed E-state index contributed by atoms with van der Waals surface area (Å²) in [4.78, 5) is 45.0. The van der Waals surface area contributed by atoms with Crippen LogP contribution in [-0.2, 0) is 30.3 Å². The molecule has 6 rings (SSSR count). The monoisotopic (exact) mass is 842 g/mol. The highest BCUT2D eigenvalue weighted by Gasteiger charge is 2.22. The summed E-state index contributed by atoms with van der Waals surface area (Å²) in [5.41, 5.74) is 6.51. The Kier molecular flexibility index (Phi) is 18.4. The van der Waals surface area contributed by atoms with E-state index in [1.807, 2.05) is 60.7 Å². The number of piperazine rings is 1. The minimum atomic E-state index is -0.212. The number of para-hydroxylation sites is 1. The number of carbonyl (C=O) groups is 3. The van der Waals surface area contributed by atoms with Gasteiger partial charge in [-0.1, -0.05) is 42.2 Å². The first-order valence-electron chi connectivity index (χ1n) is 21.5. The summed E-state index contributed by atoms with van der Waals surface area (Å²) < 4.78 is 16.7. The van der Waals surface area contributed by atoms with Crippen LogP contribution in [0.2, 0.25) is 0 Å². The number of azo groups is 1. The molecule has 326 valence electrons. The first kappa shape index (κ1) is 45.6. The molecule has 1 fully saturated rings. The number of nitrogens with zero attached hydrogens (tertiary/aromatic N) is 5. The van der Waals surface area contributed by atoms with E-state index in [9.17, 15) is 14.4 Å². The Labute approximate surface area is 365 Å². The summed E-state index contributed by atoms with van der Waals surface area (Å²) in [5.74, 6) is 5.86. The molecule has 2 aliphatic heterocycles. The van der Waals surface area contributed by atoms with Gasteiger partial charge in [-0.3, -0.25) is 19.3 Å². The van der Waals surface area contributed by atoms with Crippen LogP contribution >= 0.6 is 0 Å². The van der Waals surface area contributed by atoms with Gasteiger partial charge in [0.25, 0.3) is 5.91 Å². The molecular weight excluding hydrogens is 785 g/mol. The molecule has 0 radical (unpaired) electrons. The fourth-order valence-corrected chi connectivity index (χ4v) is 6.99. The van der Waals surface area contributed by atoms with Gasteiger partial charge in [0, 0.05) is 94.1 Å². The number of rotatable bonds is 23. The number of hydrogen-bond donors (Lipinski definition) is 3. The molecule has 14 heteroatoms. The van der Waals surface area contributed by atoms with E-state index >= 15 is 0 Å². The number of anilines is 2. The number of fused-ring (bicyclic) bond motifs is 2. The van der Waals surface area contributed by atoms with Gasteiger partial charge in [0.2, 0.25) is 11.8 Å². The molecule has 2 heterocycles. The molecule has 0 unspecified atom stereocenters. The largest absolute Gasteiger partial charge is 0.377 e. The number of hydrogen-bond acceptors (Lipinski definition) is 11. The minimum Gasteiger partial charge on any atom is -0.377 e. The molecule has 14 nitrogen and oxygen atoms in total. The van der Waals surface area contributed by atoms with Crippen molar-refractivity contribution >= 4 is 40.5 Å². The lowest BCUT2D eigenvalue weighted by Crippen LogP contribution is -2.46. The Hall–Kier alpha value is -5.95. The molecule has 4 aromatic carbocycles. The van der Waals surface area contributed by atoms with Gasteiger partial charge >= 0.3 is 0 Å². The van der Waals surface area contributed by atoms with E-state index in [0.717, 1.165) is 73.9 Å². The first-order valence-corrected chi connectivity index (χ1v) is 21.5. The standard InChI is InChI=1S/C48H58N8O6/c1-2-55(30-29-54-27-23-49-24-28-54)44-19-17-43(18-20-44)53-52-42-15-13-40(14-16-42)48(59)51-26-32-61-34-36-62-35-33-60-31-25-50-46(57)21-22-47(58)56-37-41-9-4-3-7-38(41)11-12-39-8-5-6-10-45(39)56/h3-10,13-20,49H,2,21-37H2,1H3,(H,50,57)(H,51,59)/b53-52+. The maximum atomic E-state index is 13.3. The second kappa shape index (κ2) is 25.1. The van der Waals surface area contributed by atoms with Crippen molar-refractivity contribution in [2.24, 2.45) is 10.2 Å². The molecule has 3 amide bonds. The van der Waals surface area contributed by atoms with Crippen molar-refractivity contribution < 1.29 is 28.6 Å². The van der Waals surface area contributed by atoms with Crippen molar-refractivity contribution in [1.29, 1.82) is 0 Å². The van der Waals surface area contributed by atoms with Crippen molar-refractivity contribution in [1.82, 2.24) is 20.9 Å². The lowest BCUT2D eigenvalue weighted by molar-refractivity contribution is -0.125. The molecule has 0 atom stereocenters. The van der Waals surface area contributed by atoms with Crippen molar-refractivity contribution in [3.63, 3.8) is 0 Å². The fraction of sp³-hybridized carbons (Fsp3) is 0.396. The SMILES string of the molecule is CCN(CCN1CCNCC1)c1ccc(/N=N/c2ccc(C(=O)NCCOCCOCCOCCNC(=O)CCC(=O)N3Cc4ccccc4C#Cc4ccccc43)cc2)cc1. The summed E-state index contributed by atoms with van der Waals surface area (Å²) in [6, 6.07) is 30.5. The smallest absolute Gasteiger partial charge is 0.251 e. The van der Waals surface area contributed by atoms with Gasteiger partial charge < -0.3 is 40.0 Å². The summed E-state index contributed by atoms with van der Waals surface area (Å²) in [6.07, 6.45) is 0.153. The summed E-state index contributed by atoms with van der Waals surface area (Å²) in [7, 11) is 0. The number of amides is 3. The molecule has 3 N–H and O–H groups in total. The molecule has 1 saturated heterocycles. The van der Waals surface area contributed by atoms with Gasteiger partial charge in [-0.05, 0) is 79.2 Å². The lowest BCUT2D eigenvalue weighted by Gasteiger charge is -2.31. The highest BCUT2D eigenvalue weighted by molar-refractivity contribution is 5.97. The van der Waals surface area contributed by atoms with Crippen LogP contribution < -0.4 is 25.8 Å². The quantitative estimate of drug-likeness (QED) is 0.0504. The van der Waals surface area contributed by atoms with Crippen molar-refractivity contribution in [3.8, 4) is 11.8 Å². The maximum Gasteiger partial charge on any atom is 0.251 e. The summed E-state index contributed by atoms with van der Waals surface area (Å²) >= 11 is 0. The van der Waals surface area contributed by atoms with Crippen molar-refractivity contribution in [2.75, 3.05) is 108 Å². The molecule has 2 aliphatic rings. The van der Waals surface area contributed by atoms with Crippen LogP contribution in [0.5, 0.6) is 0 Å². The van der Waals surface area contributed by atoms with Gasteiger partial charge in [0.05, 0.1) is 63.2 Å². The van der Waals surface area contributed by atoms with Crippen LogP contribution in [0.1, 0.15) is 46.8 Å². The minimum absolute atomic E-state index is 0.0749. The molecule has 0 spiro atoms. The average molecular weight is 843 g/mol. The van der Waals surface area contributed by atoms with E-state index in [-0.39, 0.29) is 30.6 Å². The zero-order chi connectivity index (χ0) is 43.2. The zero-order valence-corrected chi connectivity index (χ0v) is 35.7. The number of benzene rings is 4. The molecule has 0 aliphatic carbocycles. The van der Waals surface area contributed by atoms with Gasteiger partial charge in [0.15, 0.2) is 0 Å². The molecule has 0 aromatic heterocycles. The highest BCUT2D eigenvalue weighted by atomic mass is 16.5. The Bertz CT molecular complexity index is 2130. The Balaban J connectivity index is 0.761. The maximum absolute atomic E-state index is 13.3. The lowest BCUT2D eigenvalue weighted by atomic mass is 10.0. The topological polar surface area (TPSA) is 149 Å². The van der Waals surface area contributed by atoms with Crippen LogP contribution in [0.4, 0.5) is 22.7 Å². The fourth-order valence-electron chi connectivity index (χ4n) is 6.99. The Morgan fingerprint density at radius 1 is 0.710 bits per heavy atom. The van der Waals surface area contributed by atoms with Gasteiger partial charge in [0.1, 0.15) is 0 Å². The van der Waals surface area contributed by atoms with E-state index in [1.165, 1.54) is 5.69 Å². The van der Waals surface area contributed by atoms with Crippen LogP contribution in [0.25, 0.3) is 0 Å². The predicted molar refractivity (Wildman–Crippen MR) is 241 cm³/mol. The third kappa shape index (κ3) is 14.6. The van der Waals surface area contributed by atoms with Gasteiger partial charge in [-0.2, -0.15) is 10.2 Å². The zero-order valence-electron chi connectivity index (χ0n) is 35.7.